The van der Waals surface area contributed by atoms with E-state index in [1.54, 1.807) is 6.26 Å². The lowest BCUT2D eigenvalue weighted by molar-refractivity contribution is 0.472. The second-order valence-corrected chi connectivity index (χ2v) is 5.45. The van der Waals surface area contributed by atoms with Crippen molar-refractivity contribution >= 4 is 15.9 Å². The van der Waals surface area contributed by atoms with Crippen molar-refractivity contribution in [3.8, 4) is 22.8 Å². The molecule has 0 unspecified atom stereocenters. The Bertz CT molecular complexity index is 697. The largest absolute Gasteiger partial charge is 0.460 e. The highest BCUT2D eigenvalue weighted by molar-refractivity contribution is 9.10. The van der Waals surface area contributed by atoms with Crippen LogP contribution >= 0.6 is 15.9 Å². The molecule has 0 amide bonds. The molecule has 3 aromatic rings. The van der Waals surface area contributed by atoms with Gasteiger partial charge in [0, 0.05) is 16.1 Å². The van der Waals surface area contributed by atoms with Crippen LogP contribution in [0.4, 0.5) is 0 Å². The molecular formula is C17H13BrO2. The first-order valence-electron chi connectivity index (χ1n) is 6.30. The maximum Gasteiger partial charge on any atom is 0.176 e. The van der Waals surface area contributed by atoms with Crippen molar-refractivity contribution in [1.82, 2.24) is 0 Å². The lowest BCUT2D eigenvalue weighted by Crippen LogP contribution is -1.85. The van der Waals surface area contributed by atoms with Crippen molar-refractivity contribution in [3.63, 3.8) is 0 Å². The second-order valence-electron chi connectivity index (χ2n) is 4.54. The maximum atomic E-state index is 5.88. The molecule has 100 valence electrons. The van der Waals surface area contributed by atoms with Gasteiger partial charge in [0.05, 0.1) is 6.26 Å². The fraction of sp³-hybridized carbons (Fsp3) is 0.0588. The molecule has 0 atom stereocenters. The number of halogens is 1. The Morgan fingerprint density at radius 2 is 1.60 bits per heavy atom. The molecule has 0 N–H and O–H groups in total. The highest BCUT2D eigenvalue weighted by Crippen LogP contribution is 2.34. The summed E-state index contributed by atoms with van der Waals surface area (Å²) in [6.07, 6.45) is 1.64. The Morgan fingerprint density at radius 3 is 2.30 bits per heavy atom. The van der Waals surface area contributed by atoms with Crippen molar-refractivity contribution < 1.29 is 9.15 Å². The van der Waals surface area contributed by atoms with Gasteiger partial charge in [0.25, 0.3) is 0 Å². The third-order valence-electron chi connectivity index (χ3n) is 2.98. The average Bonchev–Trinajstić information content (AvgIpc) is 2.90. The van der Waals surface area contributed by atoms with Gasteiger partial charge in [0.2, 0.25) is 0 Å². The number of ether oxygens (including phenoxy) is 1. The van der Waals surface area contributed by atoms with E-state index in [2.05, 4.69) is 22.9 Å². The molecule has 0 fully saturated rings. The fourth-order valence-corrected chi connectivity index (χ4v) is 2.19. The van der Waals surface area contributed by atoms with Crippen LogP contribution < -0.4 is 4.74 Å². The summed E-state index contributed by atoms with van der Waals surface area (Å²) < 4.78 is 12.5. The van der Waals surface area contributed by atoms with Gasteiger partial charge in [0.1, 0.15) is 5.75 Å². The molecule has 0 spiro atoms. The van der Waals surface area contributed by atoms with Crippen LogP contribution in [-0.2, 0) is 0 Å². The van der Waals surface area contributed by atoms with Crippen LogP contribution in [-0.4, -0.2) is 0 Å². The van der Waals surface area contributed by atoms with Crippen LogP contribution in [0.25, 0.3) is 11.3 Å². The Labute approximate surface area is 126 Å². The number of hydrogen-bond donors (Lipinski definition) is 0. The molecule has 20 heavy (non-hydrogen) atoms. The first kappa shape index (κ1) is 13.0. The standard InChI is InChI=1S/C17H13BrO2/c1-12-2-8-15(9-3-12)20-16-10-11-19-17(16)13-4-6-14(18)7-5-13/h2-11H,1H3. The van der Waals surface area contributed by atoms with Crippen LogP contribution in [0.1, 0.15) is 5.56 Å². The monoisotopic (exact) mass is 328 g/mol. The van der Waals surface area contributed by atoms with E-state index in [9.17, 15) is 0 Å². The van der Waals surface area contributed by atoms with Crippen LogP contribution in [0.2, 0.25) is 0 Å². The molecule has 2 aromatic carbocycles. The minimum Gasteiger partial charge on any atom is -0.460 e. The van der Waals surface area contributed by atoms with E-state index in [-0.39, 0.29) is 0 Å². The van der Waals surface area contributed by atoms with Gasteiger partial charge in [-0.25, -0.2) is 0 Å². The number of rotatable bonds is 3. The predicted molar refractivity (Wildman–Crippen MR) is 83.1 cm³/mol. The van der Waals surface area contributed by atoms with Gasteiger partial charge in [-0.05, 0) is 43.3 Å². The molecule has 0 aliphatic heterocycles. The zero-order valence-electron chi connectivity index (χ0n) is 11.0. The first-order valence-corrected chi connectivity index (χ1v) is 7.09. The van der Waals surface area contributed by atoms with E-state index < -0.39 is 0 Å². The van der Waals surface area contributed by atoms with Crippen LogP contribution in [0.15, 0.2) is 69.8 Å². The minimum atomic E-state index is 0.719. The molecule has 2 nitrogen and oxygen atoms in total. The van der Waals surface area contributed by atoms with Crippen molar-refractivity contribution in [2.24, 2.45) is 0 Å². The minimum absolute atomic E-state index is 0.719. The van der Waals surface area contributed by atoms with Crippen molar-refractivity contribution in [3.05, 3.63) is 70.9 Å². The second kappa shape index (κ2) is 5.55. The molecule has 0 aliphatic carbocycles. The molecule has 0 aliphatic rings. The molecular weight excluding hydrogens is 316 g/mol. The third kappa shape index (κ3) is 2.78. The van der Waals surface area contributed by atoms with Gasteiger partial charge in [0.15, 0.2) is 11.5 Å². The Balaban J connectivity index is 1.90. The van der Waals surface area contributed by atoms with Gasteiger partial charge in [-0.15, -0.1) is 0 Å². The van der Waals surface area contributed by atoms with Gasteiger partial charge < -0.3 is 9.15 Å². The number of aryl methyl sites for hydroxylation is 1. The quantitative estimate of drug-likeness (QED) is 0.605. The lowest BCUT2D eigenvalue weighted by atomic mass is 10.1. The SMILES string of the molecule is Cc1ccc(Oc2ccoc2-c2ccc(Br)cc2)cc1. The van der Waals surface area contributed by atoms with Gasteiger partial charge in [-0.2, -0.15) is 0 Å². The van der Waals surface area contributed by atoms with E-state index >= 15 is 0 Å². The van der Waals surface area contributed by atoms with E-state index in [0.29, 0.717) is 0 Å². The number of furan rings is 1. The topological polar surface area (TPSA) is 22.4 Å². The van der Waals surface area contributed by atoms with Gasteiger partial charge >= 0.3 is 0 Å². The van der Waals surface area contributed by atoms with E-state index in [0.717, 1.165) is 27.3 Å². The predicted octanol–water partition coefficient (Wildman–Crippen LogP) is 5.81. The third-order valence-corrected chi connectivity index (χ3v) is 3.51. The Morgan fingerprint density at radius 1 is 0.900 bits per heavy atom. The number of benzene rings is 2. The molecule has 0 bridgehead atoms. The zero-order valence-corrected chi connectivity index (χ0v) is 12.6. The van der Waals surface area contributed by atoms with Crippen molar-refractivity contribution in [2.75, 3.05) is 0 Å². The molecule has 3 rings (SSSR count). The fourth-order valence-electron chi connectivity index (χ4n) is 1.92. The maximum absolute atomic E-state index is 5.88. The summed E-state index contributed by atoms with van der Waals surface area (Å²) in [5.74, 6) is 2.25. The van der Waals surface area contributed by atoms with Crippen LogP contribution in [0.3, 0.4) is 0 Å². The number of hydrogen-bond acceptors (Lipinski definition) is 2. The summed E-state index contributed by atoms with van der Waals surface area (Å²) in [4.78, 5) is 0. The highest BCUT2D eigenvalue weighted by Gasteiger charge is 2.11. The van der Waals surface area contributed by atoms with Crippen molar-refractivity contribution in [2.45, 2.75) is 6.92 Å². The van der Waals surface area contributed by atoms with E-state index in [1.165, 1.54) is 5.56 Å². The Kier molecular flexibility index (Phi) is 3.61. The zero-order chi connectivity index (χ0) is 13.9. The summed E-state index contributed by atoms with van der Waals surface area (Å²) in [6.45, 7) is 2.05. The van der Waals surface area contributed by atoms with Crippen LogP contribution in [0.5, 0.6) is 11.5 Å². The molecule has 1 heterocycles. The molecule has 3 heteroatoms. The molecule has 0 radical (unpaired) electrons. The summed E-state index contributed by atoms with van der Waals surface area (Å²) >= 11 is 3.43. The lowest BCUT2D eigenvalue weighted by Gasteiger charge is -2.06. The molecule has 0 saturated carbocycles. The van der Waals surface area contributed by atoms with Crippen LogP contribution in [0, 0.1) is 6.92 Å². The smallest absolute Gasteiger partial charge is 0.176 e. The summed E-state index contributed by atoms with van der Waals surface area (Å²) in [5.41, 5.74) is 2.19. The van der Waals surface area contributed by atoms with Gasteiger partial charge in [-0.3, -0.25) is 0 Å². The molecule has 0 saturated heterocycles. The summed E-state index contributed by atoms with van der Waals surface area (Å²) in [5, 5.41) is 0. The Hall–Kier alpha value is -2.00. The first-order chi connectivity index (χ1) is 9.72. The normalized spacial score (nSPS) is 10.5. The van der Waals surface area contributed by atoms with E-state index in [4.69, 9.17) is 9.15 Å². The van der Waals surface area contributed by atoms with Crippen molar-refractivity contribution in [1.29, 1.82) is 0 Å². The van der Waals surface area contributed by atoms with Gasteiger partial charge in [-0.1, -0.05) is 33.6 Å². The summed E-state index contributed by atoms with van der Waals surface area (Å²) in [6, 6.07) is 17.7. The highest BCUT2D eigenvalue weighted by atomic mass is 79.9. The average molecular weight is 329 g/mol. The van der Waals surface area contributed by atoms with E-state index in [1.807, 2.05) is 54.6 Å². The summed E-state index contributed by atoms with van der Waals surface area (Å²) in [7, 11) is 0. The molecule has 1 aromatic heterocycles.